The van der Waals surface area contributed by atoms with Gasteiger partial charge in [0.15, 0.2) is 0 Å². The van der Waals surface area contributed by atoms with Crippen molar-refractivity contribution in [2.24, 2.45) is 0 Å². The second-order valence-electron chi connectivity index (χ2n) is 5.72. The number of anilines is 1. The van der Waals surface area contributed by atoms with Gasteiger partial charge in [0.05, 0.1) is 4.90 Å². The predicted molar refractivity (Wildman–Crippen MR) is 86.1 cm³/mol. The standard InChI is InChI=1S/C14H22ClN3O2S/c1-10-13(15)8-12(9-14(10)16)21(19,20)18-6-4-11(5-7-18)17(2)3/h8-9,11H,4-7,16H2,1-3H3. The van der Waals surface area contributed by atoms with E-state index in [1.165, 1.54) is 16.4 Å². The van der Waals surface area contributed by atoms with Crippen LogP contribution in [0.1, 0.15) is 18.4 Å². The van der Waals surface area contributed by atoms with Gasteiger partial charge in [-0.05, 0) is 51.6 Å². The van der Waals surface area contributed by atoms with E-state index >= 15 is 0 Å². The number of halogens is 1. The van der Waals surface area contributed by atoms with Crippen LogP contribution in [0.15, 0.2) is 17.0 Å². The molecule has 2 N–H and O–H groups in total. The lowest BCUT2D eigenvalue weighted by atomic mass is 10.1. The largest absolute Gasteiger partial charge is 0.398 e. The molecule has 1 saturated heterocycles. The summed E-state index contributed by atoms with van der Waals surface area (Å²) in [6, 6.07) is 3.41. The summed E-state index contributed by atoms with van der Waals surface area (Å²) in [6.45, 7) is 2.82. The molecule has 0 aliphatic carbocycles. The van der Waals surface area contributed by atoms with Crippen molar-refractivity contribution in [3.05, 3.63) is 22.7 Å². The van der Waals surface area contributed by atoms with Crippen LogP contribution in [0.5, 0.6) is 0 Å². The zero-order valence-electron chi connectivity index (χ0n) is 12.6. The number of sulfonamides is 1. The molecule has 0 unspecified atom stereocenters. The summed E-state index contributed by atoms with van der Waals surface area (Å²) >= 11 is 6.06. The zero-order valence-corrected chi connectivity index (χ0v) is 14.2. The molecule has 1 heterocycles. The van der Waals surface area contributed by atoms with Gasteiger partial charge in [-0.3, -0.25) is 0 Å². The van der Waals surface area contributed by atoms with Crippen molar-refractivity contribution in [1.82, 2.24) is 9.21 Å². The van der Waals surface area contributed by atoms with E-state index in [-0.39, 0.29) is 4.90 Å². The molecule has 118 valence electrons. The topological polar surface area (TPSA) is 66.6 Å². The van der Waals surface area contributed by atoms with Gasteiger partial charge in [0.25, 0.3) is 0 Å². The molecule has 1 aromatic rings. The van der Waals surface area contributed by atoms with Crippen LogP contribution >= 0.6 is 11.6 Å². The number of nitrogens with two attached hydrogens (primary N) is 1. The number of rotatable bonds is 3. The Balaban J connectivity index is 2.24. The Morgan fingerprint density at radius 3 is 2.33 bits per heavy atom. The number of benzene rings is 1. The normalized spacial score (nSPS) is 18.3. The minimum Gasteiger partial charge on any atom is -0.398 e. The van der Waals surface area contributed by atoms with Crippen LogP contribution in [-0.2, 0) is 10.0 Å². The third kappa shape index (κ3) is 3.34. The maximum absolute atomic E-state index is 12.7. The minimum atomic E-state index is -3.52. The quantitative estimate of drug-likeness (QED) is 0.860. The van der Waals surface area contributed by atoms with Gasteiger partial charge >= 0.3 is 0 Å². The van der Waals surface area contributed by atoms with Crippen LogP contribution in [0.3, 0.4) is 0 Å². The fourth-order valence-electron chi connectivity index (χ4n) is 2.57. The van der Waals surface area contributed by atoms with Crippen molar-refractivity contribution in [2.45, 2.75) is 30.7 Å². The number of piperidine rings is 1. The van der Waals surface area contributed by atoms with Gasteiger partial charge in [-0.25, -0.2) is 8.42 Å². The maximum Gasteiger partial charge on any atom is 0.243 e. The summed E-state index contributed by atoms with van der Waals surface area (Å²) < 4.78 is 26.9. The molecule has 5 nitrogen and oxygen atoms in total. The summed E-state index contributed by atoms with van der Waals surface area (Å²) in [5.41, 5.74) is 6.95. The van der Waals surface area contributed by atoms with Crippen molar-refractivity contribution in [2.75, 3.05) is 32.9 Å². The Hall–Kier alpha value is -0.820. The molecular formula is C14H22ClN3O2S. The molecule has 7 heteroatoms. The number of hydrogen-bond donors (Lipinski definition) is 1. The van der Waals surface area contributed by atoms with Crippen molar-refractivity contribution in [3.63, 3.8) is 0 Å². The summed E-state index contributed by atoms with van der Waals surface area (Å²) in [4.78, 5) is 2.32. The van der Waals surface area contributed by atoms with Crippen LogP contribution in [0.4, 0.5) is 5.69 Å². The van der Waals surface area contributed by atoms with Gasteiger partial charge in [0.2, 0.25) is 10.0 Å². The van der Waals surface area contributed by atoms with Crippen LogP contribution in [-0.4, -0.2) is 50.8 Å². The third-order valence-corrected chi connectivity index (χ3v) is 6.42. The average Bonchev–Trinajstić information content (AvgIpc) is 2.44. The van der Waals surface area contributed by atoms with Gasteiger partial charge in [0, 0.05) is 29.8 Å². The summed E-state index contributed by atoms with van der Waals surface area (Å²) in [6.07, 6.45) is 1.67. The highest BCUT2D eigenvalue weighted by Gasteiger charge is 2.30. The molecular weight excluding hydrogens is 310 g/mol. The Kier molecular flexibility index (Phi) is 4.82. The Morgan fingerprint density at radius 1 is 1.29 bits per heavy atom. The van der Waals surface area contributed by atoms with E-state index in [0.29, 0.717) is 35.4 Å². The van der Waals surface area contributed by atoms with Crippen molar-refractivity contribution in [1.29, 1.82) is 0 Å². The van der Waals surface area contributed by atoms with E-state index in [2.05, 4.69) is 4.90 Å². The highest BCUT2D eigenvalue weighted by Crippen LogP contribution is 2.29. The zero-order chi connectivity index (χ0) is 15.8. The molecule has 1 fully saturated rings. The fourth-order valence-corrected chi connectivity index (χ4v) is 4.39. The molecule has 0 amide bonds. The molecule has 1 aliphatic rings. The first-order valence-corrected chi connectivity index (χ1v) is 8.77. The van der Waals surface area contributed by atoms with Crippen molar-refractivity contribution in [3.8, 4) is 0 Å². The van der Waals surface area contributed by atoms with E-state index in [9.17, 15) is 8.42 Å². The predicted octanol–water partition coefficient (Wildman–Crippen LogP) is 1.95. The highest BCUT2D eigenvalue weighted by atomic mass is 35.5. The molecule has 0 radical (unpaired) electrons. The molecule has 21 heavy (non-hydrogen) atoms. The molecule has 0 spiro atoms. The molecule has 0 aromatic heterocycles. The van der Waals surface area contributed by atoms with E-state index in [4.69, 9.17) is 17.3 Å². The fraction of sp³-hybridized carbons (Fsp3) is 0.571. The second kappa shape index (κ2) is 6.12. The summed E-state index contributed by atoms with van der Waals surface area (Å²) in [7, 11) is 0.524. The third-order valence-electron chi connectivity index (χ3n) is 4.15. The smallest absolute Gasteiger partial charge is 0.243 e. The van der Waals surface area contributed by atoms with Gasteiger partial charge in [-0.2, -0.15) is 4.31 Å². The average molecular weight is 332 g/mol. The first-order chi connectivity index (χ1) is 9.73. The SMILES string of the molecule is Cc1c(N)cc(S(=O)(=O)N2CCC(N(C)C)CC2)cc1Cl. The first kappa shape index (κ1) is 16.5. The van der Waals surface area contributed by atoms with E-state index < -0.39 is 10.0 Å². The lowest BCUT2D eigenvalue weighted by molar-refractivity contribution is 0.196. The Labute approximate surface area is 131 Å². The van der Waals surface area contributed by atoms with E-state index in [1.54, 1.807) is 6.92 Å². The van der Waals surface area contributed by atoms with Gasteiger partial charge < -0.3 is 10.6 Å². The van der Waals surface area contributed by atoms with Gasteiger partial charge in [-0.15, -0.1) is 0 Å². The Morgan fingerprint density at radius 2 is 1.86 bits per heavy atom. The minimum absolute atomic E-state index is 0.180. The molecule has 0 atom stereocenters. The van der Waals surface area contributed by atoms with Crippen LogP contribution < -0.4 is 5.73 Å². The molecule has 0 bridgehead atoms. The van der Waals surface area contributed by atoms with Crippen LogP contribution in [0, 0.1) is 6.92 Å². The highest BCUT2D eigenvalue weighted by molar-refractivity contribution is 7.89. The number of hydrogen-bond acceptors (Lipinski definition) is 4. The van der Waals surface area contributed by atoms with Crippen molar-refractivity contribution < 1.29 is 8.42 Å². The molecule has 2 rings (SSSR count). The van der Waals surface area contributed by atoms with Gasteiger partial charge in [0.1, 0.15) is 0 Å². The number of nitrogen functional groups attached to an aromatic ring is 1. The van der Waals surface area contributed by atoms with Crippen molar-refractivity contribution >= 4 is 27.3 Å². The second-order valence-corrected chi connectivity index (χ2v) is 8.06. The van der Waals surface area contributed by atoms with Crippen LogP contribution in [0.25, 0.3) is 0 Å². The van der Waals surface area contributed by atoms with Gasteiger partial charge in [-0.1, -0.05) is 11.6 Å². The number of nitrogens with zero attached hydrogens (tertiary/aromatic N) is 2. The summed E-state index contributed by atoms with van der Waals surface area (Å²) in [5.74, 6) is 0. The molecule has 1 aliphatic heterocycles. The lowest BCUT2D eigenvalue weighted by Gasteiger charge is -2.34. The molecule has 1 aromatic carbocycles. The molecule has 0 saturated carbocycles. The van der Waals surface area contributed by atoms with E-state index in [1.807, 2.05) is 14.1 Å². The first-order valence-electron chi connectivity index (χ1n) is 6.95. The monoisotopic (exact) mass is 331 g/mol. The lowest BCUT2D eigenvalue weighted by Crippen LogP contribution is -2.44. The Bertz CT molecular complexity index is 600. The maximum atomic E-state index is 12.7. The van der Waals surface area contributed by atoms with Crippen LogP contribution in [0.2, 0.25) is 5.02 Å². The summed E-state index contributed by atoms with van der Waals surface area (Å²) in [5, 5.41) is 0.386. The van der Waals surface area contributed by atoms with E-state index in [0.717, 1.165) is 12.8 Å².